The van der Waals surface area contributed by atoms with Crippen LogP contribution < -0.4 is 5.32 Å². The van der Waals surface area contributed by atoms with Gasteiger partial charge in [0.1, 0.15) is 0 Å². The minimum Gasteiger partial charge on any atom is -0.374 e. The minimum absolute atomic E-state index is 0.150. The smallest absolute Gasteiger partial charge is 0.0690 e. The maximum atomic E-state index is 6.01. The molecule has 0 aromatic heterocycles. The van der Waals surface area contributed by atoms with Crippen molar-refractivity contribution in [3.05, 3.63) is 12.2 Å². The summed E-state index contributed by atoms with van der Waals surface area (Å²) in [4.78, 5) is 0. The van der Waals surface area contributed by atoms with Crippen LogP contribution in [0.3, 0.4) is 0 Å². The number of hydrogen-bond donors (Lipinski definition) is 1. The summed E-state index contributed by atoms with van der Waals surface area (Å²) in [6.45, 7) is 16.8. The van der Waals surface area contributed by atoms with Crippen LogP contribution in [0.25, 0.3) is 0 Å². The van der Waals surface area contributed by atoms with E-state index in [-0.39, 0.29) is 5.54 Å². The third-order valence-electron chi connectivity index (χ3n) is 3.53. The molecule has 0 aliphatic heterocycles. The average molecular weight is 253 g/mol. The molecule has 0 aromatic carbocycles. The van der Waals surface area contributed by atoms with Gasteiger partial charge in [0.15, 0.2) is 0 Å². The number of nitrogens with one attached hydrogen (secondary N) is 1. The van der Waals surface area contributed by atoms with Crippen molar-refractivity contribution in [1.82, 2.24) is 5.32 Å². The van der Waals surface area contributed by atoms with Gasteiger partial charge in [-0.3, -0.25) is 0 Å². The van der Waals surface area contributed by atoms with Crippen molar-refractivity contribution >= 4 is 0 Å². The third-order valence-corrected chi connectivity index (χ3v) is 3.53. The van der Waals surface area contributed by atoms with Crippen LogP contribution in [0.4, 0.5) is 0 Å². The molecule has 1 aliphatic carbocycles. The molecule has 106 valence electrons. The predicted molar refractivity (Wildman–Crippen MR) is 78.8 cm³/mol. The zero-order valence-electron chi connectivity index (χ0n) is 12.9. The van der Waals surface area contributed by atoms with Gasteiger partial charge in [0, 0.05) is 12.1 Å². The molecule has 18 heavy (non-hydrogen) atoms. The second kappa shape index (κ2) is 6.72. The molecule has 2 heteroatoms. The first-order valence-electron chi connectivity index (χ1n) is 7.29. The van der Waals surface area contributed by atoms with E-state index in [2.05, 4.69) is 46.5 Å². The maximum absolute atomic E-state index is 6.01. The Morgan fingerprint density at radius 2 is 1.72 bits per heavy atom. The predicted octanol–water partition coefficient (Wildman–Crippen LogP) is 3.77. The Morgan fingerprint density at radius 1 is 1.17 bits per heavy atom. The molecule has 0 amide bonds. The normalized spacial score (nSPS) is 29.3. The molecule has 1 rings (SSSR count). The lowest BCUT2D eigenvalue weighted by Crippen LogP contribution is -2.37. The van der Waals surface area contributed by atoms with Gasteiger partial charge in [0.25, 0.3) is 0 Å². The van der Waals surface area contributed by atoms with Gasteiger partial charge in [0.05, 0.1) is 12.7 Å². The molecule has 0 spiro atoms. The van der Waals surface area contributed by atoms with E-state index in [1.807, 2.05) is 0 Å². The van der Waals surface area contributed by atoms with Gasteiger partial charge in [-0.15, -0.1) is 0 Å². The highest BCUT2D eigenvalue weighted by molar-refractivity contribution is 4.98. The topological polar surface area (TPSA) is 21.3 Å². The van der Waals surface area contributed by atoms with Crippen LogP contribution in [0, 0.1) is 11.8 Å². The second-order valence-corrected chi connectivity index (χ2v) is 7.20. The van der Waals surface area contributed by atoms with E-state index in [4.69, 9.17) is 4.74 Å². The van der Waals surface area contributed by atoms with Gasteiger partial charge in [-0.1, -0.05) is 20.4 Å². The highest BCUT2D eigenvalue weighted by atomic mass is 16.5. The van der Waals surface area contributed by atoms with E-state index in [9.17, 15) is 0 Å². The van der Waals surface area contributed by atoms with Crippen LogP contribution in [0.5, 0.6) is 0 Å². The van der Waals surface area contributed by atoms with E-state index in [1.165, 1.54) is 19.3 Å². The maximum Gasteiger partial charge on any atom is 0.0690 e. The zero-order valence-corrected chi connectivity index (χ0v) is 12.9. The van der Waals surface area contributed by atoms with Crippen LogP contribution in [-0.4, -0.2) is 24.8 Å². The Kier molecular flexibility index (Phi) is 5.87. The molecule has 2 atom stereocenters. The van der Waals surface area contributed by atoms with Crippen LogP contribution in [0.15, 0.2) is 12.2 Å². The van der Waals surface area contributed by atoms with Gasteiger partial charge in [0.2, 0.25) is 0 Å². The van der Waals surface area contributed by atoms with Gasteiger partial charge in [-0.05, 0) is 57.4 Å². The standard InChI is InChI=1S/C16H31NO/c1-12-7-13(2)9-15(8-12)18-11-14(3)10-17-16(4,5)6/h12-13,15,17H,3,7-11H2,1-2,4-6H3. The first kappa shape index (κ1) is 15.7. The summed E-state index contributed by atoms with van der Waals surface area (Å²) in [5, 5.41) is 3.45. The Balaban J connectivity index is 2.21. The van der Waals surface area contributed by atoms with E-state index < -0.39 is 0 Å². The summed E-state index contributed by atoms with van der Waals surface area (Å²) < 4.78 is 6.01. The molecule has 1 fully saturated rings. The molecule has 1 saturated carbocycles. The lowest BCUT2D eigenvalue weighted by atomic mass is 9.82. The molecule has 0 heterocycles. The lowest BCUT2D eigenvalue weighted by molar-refractivity contribution is 0.0121. The first-order valence-corrected chi connectivity index (χ1v) is 7.29. The Morgan fingerprint density at radius 3 is 2.22 bits per heavy atom. The second-order valence-electron chi connectivity index (χ2n) is 7.20. The van der Waals surface area contributed by atoms with Crippen LogP contribution in [0.2, 0.25) is 0 Å². The van der Waals surface area contributed by atoms with E-state index in [0.717, 1.165) is 24.0 Å². The van der Waals surface area contributed by atoms with Crippen LogP contribution in [-0.2, 0) is 4.74 Å². The van der Waals surface area contributed by atoms with Gasteiger partial charge < -0.3 is 10.1 Å². The van der Waals surface area contributed by atoms with Crippen LogP contribution >= 0.6 is 0 Å². The largest absolute Gasteiger partial charge is 0.374 e. The molecule has 2 nitrogen and oxygen atoms in total. The molecule has 1 N–H and O–H groups in total. The Hall–Kier alpha value is -0.340. The van der Waals surface area contributed by atoms with Crippen molar-refractivity contribution in [3.8, 4) is 0 Å². The average Bonchev–Trinajstić information content (AvgIpc) is 2.21. The van der Waals surface area contributed by atoms with E-state index in [0.29, 0.717) is 12.7 Å². The summed E-state index contributed by atoms with van der Waals surface area (Å²) in [6, 6.07) is 0. The van der Waals surface area contributed by atoms with Gasteiger partial charge >= 0.3 is 0 Å². The molecule has 2 unspecified atom stereocenters. The van der Waals surface area contributed by atoms with Gasteiger partial charge in [-0.2, -0.15) is 0 Å². The van der Waals surface area contributed by atoms with Gasteiger partial charge in [-0.25, -0.2) is 0 Å². The van der Waals surface area contributed by atoms with E-state index >= 15 is 0 Å². The zero-order chi connectivity index (χ0) is 13.8. The number of rotatable bonds is 5. The quantitative estimate of drug-likeness (QED) is 0.753. The lowest BCUT2D eigenvalue weighted by Gasteiger charge is -2.31. The Labute approximate surface area is 113 Å². The van der Waals surface area contributed by atoms with E-state index in [1.54, 1.807) is 0 Å². The molecule has 0 aromatic rings. The number of hydrogen-bond acceptors (Lipinski definition) is 2. The molecule has 0 radical (unpaired) electrons. The molecule has 0 saturated heterocycles. The monoisotopic (exact) mass is 253 g/mol. The van der Waals surface area contributed by atoms with Crippen molar-refractivity contribution < 1.29 is 4.74 Å². The SMILES string of the molecule is C=C(CNC(C)(C)C)COC1CC(C)CC(C)C1. The minimum atomic E-state index is 0.150. The summed E-state index contributed by atoms with van der Waals surface area (Å²) in [5.74, 6) is 1.61. The number of ether oxygens (including phenoxy) is 1. The molecular weight excluding hydrogens is 222 g/mol. The summed E-state index contributed by atoms with van der Waals surface area (Å²) in [6.07, 6.45) is 4.22. The summed E-state index contributed by atoms with van der Waals surface area (Å²) in [7, 11) is 0. The molecule has 0 bridgehead atoms. The van der Waals surface area contributed by atoms with Crippen molar-refractivity contribution in [1.29, 1.82) is 0 Å². The fourth-order valence-electron chi connectivity index (χ4n) is 2.69. The third kappa shape index (κ3) is 6.55. The highest BCUT2D eigenvalue weighted by Gasteiger charge is 2.24. The van der Waals surface area contributed by atoms with Crippen LogP contribution in [0.1, 0.15) is 53.9 Å². The molecule has 1 aliphatic rings. The fourth-order valence-corrected chi connectivity index (χ4v) is 2.69. The summed E-state index contributed by atoms with van der Waals surface area (Å²) >= 11 is 0. The highest BCUT2D eigenvalue weighted by Crippen LogP contribution is 2.30. The van der Waals surface area contributed by atoms with Crippen molar-refractivity contribution in [2.24, 2.45) is 11.8 Å². The first-order chi connectivity index (χ1) is 8.26. The van der Waals surface area contributed by atoms with Crippen molar-refractivity contribution in [2.45, 2.75) is 65.5 Å². The fraction of sp³-hybridized carbons (Fsp3) is 0.875. The summed E-state index contributed by atoms with van der Waals surface area (Å²) in [5.41, 5.74) is 1.30. The van der Waals surface area contributed by atoms with Crippen molar-refractivity contribution in [3.63, 3.8) is 0 Å². The molecular formula is C16H31NO. The Bertz CT molecular complexity index is 257. The van der Waals surface area contributed by atoms with Crippen molar-refractivity contribution in [2.75, 3.05) is 13.2 Å².